The van der Waals surface area contributed by atoms with Gasteiger partial charge in [0.05, 0.1) is 0 Å². The molecule has 0 saturated heterocycles. The highest BCUT2D eigenvalue weighted by atomic mass is 19.2. The van der Waals surface area contributed by atoms with Gasteiger partial charge in [0.25, 0.3) is 0 Å². The third-order valence-electron chi connectivity index (χ3n) is 3.06. The molecule has 2 aromatic carbocycles. The fourth-order valence-electron chi connectivity index (χ4n) is 1.97. The van der Waals surface area contributed by atoms with E-state index in [0.29, 0.717) is 6.07 Å². The Labute approximate surface area is 116 Å². The molecule has 0 saturated carbocycles. The molecule has 0 aromatic heterocycles. The average Bonchev–Trinajstić information content (AvgIpc) is 2.43. The van der Waals surface area contributed by atoms with Gasteiger partial charge in [0.15, 0.2) is 11.6 Å². The number of hydrogen-bond acceptors (Lipinski definition) is 1. The normalized spacial score (nSPS) is 10.6. The lowest BCUT2D eigenvalue weighted by atomic mass is 10.1. The van der Waals surface area contributed by atoms with E-state index >= 15 is 0 Å². The number of nitrogens with one attached hydrogen (secondary N) is 1. The molecule has 4 heteroatoms. The third-order valence-corrected chi connectivity index (χ3v) is 3.06. The standard InChI is InChI=1S/C16H16F3N/c1-2-3-11-4-6-13(7-5-11)20-10-12-8-15(18)16(19)9-14(12)17/h4-9,20H,2-3,10H2,1H3. The van der Waals surface area contributed by atoms with Crippen molar-refractivity contribution in [3.05, 3.63) is 65.0 Å². The highest BCUT2D eigenvalue weighted by molar-refractivity contribution is 5.45. The van der Waals surface area contributed by atoms with Crippen molar-refractivity contribution in [2.45, 2.75) is 26.3 Å². The molecule has 0 atom stereocenters. The second kappa shape index (κ2) is 6.46. The lowest BCUT2D eigenvalue weighted by Crippen LogP contribution is -2.03. The summed E-state index contributed by atoms with van der Waals surface area (Å²) in [5.41, 5.74) is 2.15. The first-order valence-electron chi connectivity index (χ1n) is 6.56. The monoisotopic (exact) mass is 279 g/mol. The maximum Gasteiger partial charge on any atom is 0.161 e. The third kappa shape index (κ3) is 3.53. The van der Waals surface area contributed by atoms with Gasteiger partial charge >= 0.3 is 0 Å². The number of rotatable bonds is 5. The van der Waals surface area contributed by atoms with E-state index in [1.54, 1.807) is 0 Å². The number of anilines is 1. The molecule has 0 fully saturated rings. The van der Waals surface area contributed by atoms with E-state index in [4.69, 9.17) is 0 Å². The van der Waals surface area contributed by atoms with Crippen LogP contribution in [-0.2, 0) is 13.0 Å². The highest BCUT2D eigenvalue weighted by Crippen LogP contribution is 2.16. The first kappa shape index (κ1) is 14.4. The number of aryl methyl sites for hydroxylation is 1. The molecule has 0 bridgehead atoms. The quantitative estimate of drug-likeness (QED) is 0.784. The van der Waals surface area contributed by atoms with Crippen molar-refractivity contribution in [3.63, 3.8) is 0 Å². The Hall–Kier alpha value is -1.97. The first-order chi connectivity index (χ1) is 9.60. The van der Waals surface area contributed by atoms with Crippen molar-refractivity contribution in [1.82, 2.24) is 0 Å². The van der Waals surface area contributed by atoms with Crippen molar-refractivity contribution in [1.29, 1.82) is 0 Å². The van der Waals surface area contributed by atoms with Crippen LogP contribution >= 0.6 is 0 Å². The molecule has 1 N–H and O–H groups in total. The Morgan fingerprint density at radius 2 is 1.55 bits per heavy atom. The molecular formula is C16H16F3N. The van der Waals surface area contributed by atoms with Crippen LogP contribution < -0.4 is 5.32 Å². The summed E-state index contributed by atoms with van der Waals surface area (Å²) in [6, 6.07) is 9.21. The van der Waals surface area contributed by atoms with Gasteiger partial charge in [0, 0.05) is 23.9 Å². The lowest BCUT2D eigenvalue weighted by molar-refractivity contribution is 0.490. The molecule has 0 radical (unpaired) electrons. The van der Waals surface area contributed by atoms with Crippen LogP contribution in [0.3, 0.4) is 0 Å². The van der Waals surface area contributed by atoms with Crippen LogP contribution in [0.25, 0.3) is 0 Å². The Morgan fingerprint density at radius 3 is 2.20 bits per heavy atom. The maximum absolute atomic E-state index is 13.5. The smallest absolute Gasteiger partial charge is 0.161 e. The van der Waals surface area contributed by atoms with Crippen molar-refractivity contribution < 1.29 is 13.2 Å². The molecule has 0 aliphatic rings. The topological polar surface area (TPSA) is 12.0 Å². The molecular weight excluding hydrogens is 263 g/mol. The molecule has 0 amide bonds. The second-order valence-corrected chi connectivity index (χ2v) is 4.66. The van der Waals surface area contributed by atoms with Gasteiger partial charge in [-0.2, -0.15) is 0 Å². The molecule has 106 valence electrons. The van der Waals surface area contributed by atoms with Gasteiger partial charge in [0.1, 0.15) is 5.82 Å². The molecule has 20 heavy (non-hydrogen) atoms. The molecule has 2 rings (SSSR count). The van der Waals surface area contributed by atoms with Gasteiger partial charge in [-0.1, -0.05) is 25.5 Å². The van der Waals surface area contributed by atoms with Crippen molar-refractivity contribution in [3.8, 4) is 0 Å². The Balaban J connectivity index is 2.03. The van der Waals surface area contributed by atoms with Gasteiger partial charge in [-0.3, -0.25) is 0 Å². The molecule has 0 unspecified atom stereocenters. The van der Waals surface area contributed by atoms with Crippen LogP contribution in [0.15, 0.2) is 36.4 Å². The fourth-order valence-corrected chi connectivity index (χ4v) is 1.97. The summed E-state index contributed by atoms with van der Waals surface area (Å²) in [5.74, 6) is -2.96. The minimum Gasteiger partial charge on any atom is -0.381 e. The lowest BCUT2D eigenvalue weighted by Gasteiger charge is -2.09. The van der Waals surface area contributed by atoms with E-state index in [1.165, 1.54) is 5.56 Å². The highest BCUT2D eigenvalue weighted by Gasteiger charge is 2.09. The minimum atomic E-state index is -1.17. The van der Waals surface area contributed by atoms with E-state index in [-0.39, 0.29) is 12.1 Å². The van der Waals surface area contributed by atoms with E-state index in [0.717, 1.165) is 24.6 Å². The zero-order chi connectivity index (χ0) is 14.5. The average molecular weight is 279 g/mol. The molecule has 0 spiro atoms. The summed E-state index contributed by atoms with van der Waals surface area (Å²) < 4.78 is 39.3. The summed E-state index contributed by atoms with van der Waals surface area (Å²) in [6.45, 7) is 2.22. The van der Waals surface area contributed by atoms with E-state index in [9.17, 15) is 13.2 Å². The number of benzene rings is 2. The summed E-state index contributed by atoms with van der Waals surface area (Å²) in [7, 11) is 0. The van der Waals surface area contributed by atoms with Crippen LogP contribution in [0.4, 0.5) is 18.9 Å². The van der Waals surface area contributed by atoms with Crippen LogP contribution in [0, 0.1) is 17.5 Å². The number of hydrogen-bond donors (Lipinski definition) is 1. The predicted octanol–water partition coefficient (Wildman–Crippen LogP) is 4.67. The summed E-state index contributed by atoms with van der Waals surface area (Å²) in [6.07, 6.45) is 2.09. The van der Waals surface area contributed by atoms with Gasteiger partial charge in [0.2, 0.25) is 0 Å². The van der Waals surface area contributed by atoms with Crippen LogP contribution in [0.5, 0.6) is 0 Å². The zero-order valence-electron chi connectivity index (χ0n) is 11.2. The van der Waals surface area contributed by atoms with Gasteiger partial charge < -0.3 is 5.32 Å². The predicted molar refractivity (Wildman–Crippen MR) is 74.1 cm³/mol. The van der Waals surface area contributed by atoms with E-state index in [1.807, 2.05) is 24.3 Å². The van der Waals surface area contributed by atoms with Gasteiger partial charge in [-0.15, -0.1) is 0 Å². The fraction of sp³-hybridized carbons (Fsp3) is 0.250. The Morgan fingerprint density at radius 1 is 0.900 bits per heavy atom. The second-order valence-electron chi connectivity index (χ2n) is 4.66. The molecule has 1 nitrogen and oxygen atoms in total. The Bertz CT molecular complexity index is 579. The van der Waals surface area contributed by atoms with Gasteiger partial charge in [-0.25, -0.2) is 13.2 Å². The number of halogens is 3. The van der Waals surface area contributed by atoms with E-state index < -0.39 is 17.5 Å². The molecule has 0 aliphatic heterocycles. The van der Waals surface area contributed by atoms with Crippen molar-refractivity contribution in [2.24, 2.45) is 0 Å². The van der Waals surface area contributed by atoms with Crippen molar-refractivity contribution >= 4 is 5.69 Å². The summed E-state index contributed by atoms with van der Waals surface area (Å²) >= 11 is 0. The van der Waals surface area contributed by atoms with Crippen LogP contribution in [0.1, 0.15) is 24.5 Å². The van der Waals surface area contributed by atoms with Gasteiger partial charge in [-0.05, 0) is 30.2 Å². The molecule has 0 aliphatic carbocycles. The van der Waals surface area contributed by atoms with Crippen LogP contribution in [-0.4, -0.2) is 0 Å². The minimum absolute atomic E-state index is 0.0986. The largest absolute Gasteiger partial charge is 0.381 e. The van der Waals surface area contributed by atoms with Crippen molar-refractivity contribution in [2.75, 3.05) is 5.32 Å². The summed E-state index contributed by atoms with van der Waals surface area (Å²) in [4.78, 5) is 0. The maximum atomic E-state index is 13.5. The van der Waals surface area contributed by atoms with Crippen LogP contribution in [0.2, 0.25) is 0 Å². The van der Waals surface area contributed by atoms with E-state index in [2.05, 4.69) is 12.2 Å². The summed E-state index contributed by atoms with van der Waals surface area (Å²) in [5, 5.41) is 2.99. The zero-order valence-corrected chi connectivity index (χ0v) is 11.2. The Kier molecular flexibility index (Phi) is 4.66. The molecule has 2 aromatic rings. The molecule has 0 heterocycles. The SMILES string of the molecule is CCCc1ccc(NCc2cc(F)c(F)cc2F)cc1. The first-order valence-corrected chi connectivity index (χ1v) is 6.56.